The molecule has 1 aromatic rings. The summed E-state index contributed by atoms with van der Waals surface area (Å²) in [5, 5.41) is 0. The van der Waals surface area contributed by atoms with E-state index in [1.807, 2.05) is 0 Å². The zero-order valence-corrected chi connectivity index (χ0v) is 11.8. The van der Waals surface area contributed by atoms with Gasteiger partial charge in [-0.25, -0.2) is 0 Å². The first kappa shape index (κ1) is 14.8. The molecule has 0 saturated heterocycles. The van der Waals surface area contributed by atoms with E-state index in [1.54, 1.807) is 0 Å². The summed E-state index contributed by atoms with van der Waals surface area (Å²) >= 11 is 0. The van der Waals surface area contributed by atoms with E-state index in [4.69, 9.17) is 18.9 Å². The summed E-state index contributed by atoms with van der Waals surface area (Å²) in [6.07, 6.45) is -0.668. The zero-order valence-electron chi connectivity index (χ0n) is 11.8. The third kappa shape index (κ3) is 3.50. The number of hydrogen-bond acceptors (Lipinski definition) is 7. The number of fused-ring (bicyclic) bond motifs is 1. The number of ether oxygens (including phenoxy) is 4. The van der Waals surface area contributed by atoms with Gasteiger partial charge in [0.25, 0.3) is 0 Å². The lowest BCUT2D eigenvalue weighted by atomic mass is 10.1. The van der Waals surface area contributed by atoms with Crippen LogP contribution in [-0.2, 0) is 19.1 Å². The minimum absolute atomic E-state index is 0.104. The first-order valence-electron chi connectivity index (χ1n) is 6.21. The molecule has 1 unspecified atom stereocenters. The second kappa shape index (κ2) is 5.82. The summed E-state index contributed by atoms with van der Waals surface area (Å²) in [4.78, 5) is 33.3. The maximum absolute atomic E-state index is 11.2. The van der Waals surface area contributed by atoms with E-state index >= 15 is 0 Å². The largest absolute Gasteiger partial charge is 0.489 e. The predicted molar refractivity (Wildman–Crippen MR) is 69.1 cm³/mol. The minimum atomic E-state index is -0.668. The average Bonchev–Trinajstić information content (AvgIpc) is 2.69. The van der Waals surface area contributed by atoms with E-state index in [1.165, 1.54) is 32.9 Å². The van der Waals surface area contributed by atoms with E-state index in [9.17, 15) is 14.4 Å². The molecule has 0 aliphatic carbocycles. The molecule has 0 saturated carbocycles. The SMILES string of the molecule is CC(=O)Oc1cc2c(c(OC(C)=O)c1)C(OC(C)=O)CO2. The Labute approximate surface area is 120 Å². The van der Waals surface area contributed by atoms with Crippen LogP contribution in [0.5, 0.6) is 17.2 Å². The Morgan fingerprint density at radius 1 is 1.05 bits per heavy atom. The molecule has 7 heteroatoms. The molecule has 0 aromatic heterocycles. The maximum atomic E-state index is 11.2. The van der Waals surface area contributed by atoms with Gasteiger partial charge in [0.1, 0.15) is 23.9 Å². The van der Waals surface area contributed by atoms with Crippen LogP contribution in [0, 0.1) is 0 Å². The van der Waals surface area contributed by atoms with Crippen molar-refractivity contribution in [2.75, 3.05) is 6.61 Å². The lowest BCUT2D eigenvalue weighted by Crippen LogP contribution is -2.12. The van der Waals surface area contributed by atoms with E-state index in [-0.39, 0.29) is 18.1 Å². The molecule has 0 radical (unpaired) electrons. The van der Waals surface area contributed by atoms with Gasteiger partial charge in [-0.15, -0.1) is 0 Å². The van der Waals surface area contributed by atoms with Gasteiger partial charge in [-0.2, -0.15) is 0 Å². The molecule has 0 bridgehead atoms. The molecule has 1 aliphatic heterocycles. The van der Waals surface area contributed by atoms with Gasteiger partial charge in [0, 0.05) is 32.9 Å². The molecule has 1 heterocycles. The van der Waals surface area contributed by atoms with Crippen molar-refractivity contribution in [3.05, 3.63) is 17.7 Å². The van der Waals surface area contributed by atoms with Crippen molar-refractivity contribution in [2.45, 2.75) is 26.9 Å². The quantitative estimate of drug-likeness (QED) is 0.617. The third-order valence-corrected chi connectivity index (χ3v) is 2.61. The van der Waals surface area contributed by atoms with Crippen LogP contribution in [0.4, 0.5) is 0 Å². The summed E-state index contributed by atoms with van der Waals surface area (Å²) in [6.45, 7) is 3.87. The molecule has 0 amide bonds. The van der Waals surface area contributed by atoms with Gasteiger partial charge in [0.05, 0.1) is 5.56 Å². The maximum Gasteiger partial charge on any atom is 0.308 e. The molecule has 1 atom stereocenters. The van der Waals surface area contributed by atoms with Crippen LogP contribution < -0.4 is 14.2 Å². The smallest absolute Gasteiger partial charge is 0.308 e. The van der Waals surface area contributed by atoms with Gasteiger partial charge in [0.2, 0.25) is 0 Å². The predicted octanol–water partition coefficient (Wildman–Crippen LogP) is 1.53. The highest BCUT2D eigenvalue weighted by Gasteiger charge is 2.32. The highest BCUT2D eigenvalue weighted by molar-refractivity contribution is 5.73. The van der Waals surface area contributed by atoms with Crippen molar-refractivity contribution in [3.63, 3.8) is 0 Å². The zero-order chi connectivity index (χ0) is 15.6. The molecule has 2 rings (SSSR count). The second-order valence-electron chi connectivity index (χ2n) is 4.43. The molecule has 21 heavy (non-hydrogen) atoms. The Balaban J connectivity index is 2.43. The Bertz CT molecular complexity index is 606. The average molecular weight is 294 g/mol. The molecular formula is C14H14O7. The Hall–Kier alpha value is -2.57. The lowest BCUT2D eigenvalue weighted by molar-refractivity contribution is -0.147. The lowest BCUT2D eigenvalue weighted by Gasteiger charge is -2.13. The number of carbonyl (C=O) groups is 3. The van der Waals surface area contributed by atoms with Crippen LogP contribution in [-0.4, -0.2) is 24.5 Å². The second-order valence-corrected chi connectivity index (χ2v) is 4.43. The molecule has 1 aliphatic rings. The van der Waals surface area contributed by atoms with Crippen LogP contribution in [0.15, 0.2) is 12.1 Å². The molecule has 0 N–H and O–H groups in total. The van der Waals surface area contributed by atoms with E-state index < -0.39 is 24.0 Å². The first-order chi connectivity index (χ1) is 9.86. The van der Waals surface area contributed by atoms with Crippen LogP contribution >= 0.6 is 0 Å². The Kier molecular flexibility index (Phi) is 4.11. The first-order valence-corrected chi connectivity index (χ1v) is 6.21. The summed E-state index contributed by atoms with van der Waals surface area (Å²) in [6, 6.07) is 2.86. The van der Waals surface area contributed by atoms with Crippen LogP contribution in [0.2, 0.25) is 0 Å². The van der Waals surface area contributed by atoms with Gasteiger partial charge in [-0.3, -0.25) is 14.4 Å². The number of carbonyl (C=O) groups excluding carboxylic acids is 3. The fourth-order valence-corrected chi connectivity index (χ4v) is 2.02. The molecule has 0 spiro atoms. The van der Waals surface area contributed by atoms with Crippen LogP contribution in [0.3, 0.4) is 0 Å². The van der Waals surface area contributed by atoms with Gasteiger partial charge >= 0.3 is 17.9 Å². The van der Waals surface area contributed by atoms with Crippen molar-refractivity contribution in [1.29, 1.82) is 0 Å². The minimum Gasteiger partial charge on any atom is -0.489 e. The number of hydrogen-bond donors (Lipinski definition) is 0. The summed E-state index contributed by atoms with van der Waals surface area (Å²) < 4.78 is 20.6. The van der Waals surface area contributed by atoms with Crippen molar-refractivity contribution in [3.8, 4) is 17.2 Å². The number of esters is 3. The molecule has 112 valence electrons. The van der Waals surface area contributed by atoms with E-state index in [0.717, 1.165) is 0 Å². The van der Waals surface area contributed by atoms with Crippen LogP contribution in [0.25, 0.3) is 0 Å². The van der Waals surface area contributed by atoms with Crippen molar-refractivity contribution >= 4 is 17.9 Å². The molecule has 1 aromatic carbocycles. The van der Waals surface area contributed by atoms with Crippen molar-refractivity contribution in [1.82, 2.24) is 0 Å². The van der Waals surface area contributed by atoms with Crippen molar-refractivity contribution in [2.24, 2.45) is 0 Å². The third-order valence-electron chi connectivity index (χ3n) is 2.61. The van der Waals surface area contributed by atoms with Gasteiger partial charge in [-0.1, -0.05) is 0 Å². The highest BCUT2D eigenvalue weighted by atomic mass is 16.6. The number of benzene rings is 1. The normalized spacial score (nSPS) is 15.7. The molecule has 0 fully saturated rings. The van der Waals surface area contributed by atoms with Crippen LogP contribution in [0.1, 0.15) is 32.4 Å². The summed E-state index contributed by atoms with van der Waals surface area (Å²) in [7, 11) is 0. The van der Waals surface area contributed by atoms with Gasteiger partial charge < -0.3 is 18.9 Å². The van der Waals surface area contributed by atoms with E-state index in [0.29, 0.717) is 11.3 Å². The topological polar surface area (TPSA) is 88.1 Å². The fourth-order valence-electron chi connectivity index (χ4n) is 2.02. The Morgan fingerprint density at radius 2 is 1.71 bits per heavy atom. The fraction of sp³-hybridized carbons (Fsp3) is 0.357. The molecule has 7 nitrogen and oxygen atoms in total. The van der Waals surface area contributed by atoms with Crippen molar-refractivity contribution < 1.29 is 33.3 Å². The number of rotatable bonds is 3. The summed E-state index contributed by atoms with van der Waals surface area (Å²) in [5.41, 5.74) is 0.441. The summed E-state index contributed by atoms with van der Waals surface area (Å²) in [5.74, 6) is -0.879. The van der Waals surface area contributed by atoms with Gasteiger partial charge in [0.15, 0.2) is 6.10 Å². The molecular weight excluding hydrogens is 280 g/mol. The Morgan fingerprint density at radius 3 is 2.29 bits per heavy atom. The highest BCUT2D eigenvalue weighted by Crippen LogP contribution is 2.44. The van der Waals surface area contributed by atoms with E-state index in [2.05, 4.69) is 0 Å². The monoisotopic (exact) mass is 294 g/mol. The van der Waals surface area contributed by atoms with Gasteiger partial charge in [-0.05, 0) is 0 Å². The standard InChI is InChI=1S/C14H14O7/c1-7(15)19-10-4-11-14(12(5-10)20-8(2)16)13(6-18-11)21-9(3)17/h4-5,13H,6H2,1-3H3.